The fourth-order valence-corrected chi connectivity index (χ4v) is 2.82. The molecule has 0 fully saturated rings. The number of rotatable bonds is 5. The Hall–Kier alpha value is -2.54. The van der Waals surface area contributed by atoms with Gasteiger partial charge in [0.05, 0.1) is 23.3 Å². The molecule has 2 aromatic rings. The van der Waals surface area contributed by atoms with Crippen molar-refractivity contribution < 1.29 is 23.1 Å². The lowest BCUT2D eigenvalue weighted by Gasteiger charge is -2.11. The average molecular weight is 307 g/mol. The first-order valence-corrected chi connectivity index (χ1v) is 7.41. The minimum atomic E-state index is -3.84. The van der Waals surface area contributed by atoms with Gasteiger partial charge in [-0.3, -0.25) is 4.72 Å². The smallest absolute Gasteiger partial charge is 0.337 e. The fraction of sp³-hybridized carbons (Fsp3) is 0.0714. The number of hydrogen-bond acceptors (Lipinski definition) is 4. The Morgan fingerprint density at radius 3 is 2.38 bits per heavy atom. The van der Waals surface area contributed by atoms with Crippen molar-refractivity contribution in [1.29, 1.82) is 0 Å². The summed E-state index contributed by atoms with van der Waals surface area (Å²) in [6, 6.07) is 11.8. The van der Waals surface area contributed by atoms with E-state index in [-0.39, 0.29) is 16.1 Å². The summed E-state index contributed by atoms with van der Waals surface area (Å²) in [7, 11) is -2.45. The maximum absolute atomic E-state index is 12.2. The van der Waals surface area contributed by atoms with Crippen molar-refractivity contribution in [3.8, 4) is 5.75 Å². The third-order valence-electron chi connectivity index (χ3n) is 2.75. The summed E-state index contributed by atoms with van der Waals surface area (Å²) >= 11 is 0. The molecule has 0 aliphatic carbocycles. The van der Waals surface area contributed by atoms with Gasteiger partial charge in [-0.05, 0) is 30.3 Å². The van der Waals surface area contributed by atoms with Gasteiger partial charge in [-0.1, -0.05) is 18.2 Å². The van der Waals surface area contributed by atoms with Crippen LogP contribution in [0.2, 0.25) is 0 Å². The van der Waals surface area contributed by atoms with Gasteiger partial charge < -0.3 is 9.84 Å². The normalized spacial score (nSPS) is 10.9. The van der Waals surface area contributed by atoms with Gasteiger partial charge in [0.15, 0.2) is 0 Å². The van der Waals surface area contributed by atoms with E-state index in [0.29, 0.717) is 5.75 Å². The molecule has 0 spiro atoms. The second kappa shape index (κ2) is 5.84. The van der Waals surface area contributed by atoms with Gasteiger partial charge in [0.1, 0.15) is 5.75 Å². The Morgan fingerprint density at radius 1 is 1.14 bits per heavy atom. The topological polar surface area (TPSA) is 92.7 Å². The zero-order valence-electron chi connectivity index (χ0n) is 11.1. The van der Waals surface area contributed by atoms with Crippen molar-refractivity contribution in [2.45, 2.75) is 4.90 Å². The van der Waals surface area contributed by atoms with Crippen LogP contribution in [-0.2, 0) is 10.0 Å². The van der Waals surface area contributed by atoms with Gasteiger partial charge in [0, 0.05) is 0 Å². The molecule has 0 bridgehead atoms. The van der Waals surface area contributed by atoms with Crippen LogP contribution in [-0.4, -0.2) is 26.6 Å². The van der Waals surface area contributed by atoms with Gasteiger partial charge in [0.25, 0.3) is 10.0 Å². The number of benzene rings is 2. The molecular weight excluding hydrogens is 294 g/mol. The lowest BCUT2D eigenvalue weighted by Crippen LogP contribution is -2.15. The maximum Gasteiger partial charge on any atom is 0.337 e. The first kappa shape index (κ1) is 14.9. The molecule has 2 N–H and O–H groups in total. The quantitative estimate of drug-likeness (QED) is 0.883. The molecule has 0 aliphatic heterocycles. The van der Waals surface area contributed by atoms with Crippen LogP contribution in [0.15, 0.2) is 53.4 Å². The summed E-state index contributed by atoms with van der Waals surface area (Å²) in [5, 5.41) is 9.16. The average Bonchev–Trinajstić information content (AvgIpc) is 2.48. The number of carboxylic acid groups (broad SMARTS) is 1. The highest BCUT2D eigenvalue weighted by Crippen LogP contribution is 2.24. The van der Waals surface area contributed by atoms with Crippen LogP contribution in [0.5, 0.6) is 5.75 Å². The van der Waals surface area contributed by atoms with Crippen molar-refractivity contribution >= 4 is 21.7 Å². The Labute approximate surface area is 122 Å². The van der Waals surface area contributed by atoms with E-state index in [0.717, 1.165) is 0 Å². The lowest BCUT2D eigenvalue weighted by molar-refractivity contribution is 0.0697. The standard InChI is InChI=1S/C14H13NO5S/c1-20-10-7-8-13(12(9-10)14(16)17)15-21(18,19)11-5-3-2-4-6-11/h2-9,15H,1H3,(H,16,17). The molecule has 2 rings (SSSR count). The van der Waals surface area contributed by atoms with Crippen LogP contribution < -0.4 is 9.46 Å². The summed E-state index contributed by atoms with van der Waals surface area (Å²) in [6.07, 6.45) is 0. The Balaban J connectivity index is 2.42. The van der Waals surface area contributed by atoms with E-state index >= 15 is 0 Å². The van der Waals surface area contributed by atoms with Crippen molar-refractivity contribution in [3.05, 3.63) is 54.1 Å². The predicted octanol–water partition coefficient (Wildman–Crippen LogP) is 2.19. The zero-order chi connectivity index (χ0) is 15.5. The van der Waals surface area contributed by atoms with Crippen LogP contribution in [0.3, 0.4) is 0 Å². The van der Waals surface area contributed by atoms with Crippen LogP contribution in [0.1, 0.15) is 10.4 Å². The van der Waals surface area contributed by atoms with Crippen LogP contribution >= 0.6 is 0 Å². The molecular formula is C14H13NO5S. The molecule has 110 valence electrons. The fourth-order valence-electron chi connectivity index (χ4n) is 1.72. The summed E-state index contributed by atoms with van der Waals surface area (Å²) in [5.41, 5.74) is -0.207. The minimum absolute atomic E-state index is 0.0212. The first-order valence-electron chi connectivity index (χ1n) is 5.93. The van der Waals surface area contributed by atoms with E-state index in [1.54, 1.807) is 18.2 Å². The van der Waals surface area contributed by atoms with E-state index in [1.807, 2.05) is 0 Å². The van der Waals surface area contributed by atoms with E-state index in [2.05, 4.69) is 4.72 Å². The lowest BCUT2D eigenvalue weighted by atomic mass is 10.2. The third-order valence-corrected chi connectivity index (χ3v) is 4.14. The first-order chi connectivity index (χ1) is 9.94. The van der Waals surface area contributed by atoms with E-state index < -0.39 is 16.0 Å². The molecule has 0 aromatic heterocycles. The van der Waals surface area contributed by atoms with Gasteiger partial charge in [0.2, 0.25) is 0 Å². The largest absolute Gasteiger partial charge is 0.497 e. The molecule has 6 nitrogen and oxygen atoms in total. The Morgan fingerprint density at radius 2 is 1.81 bits per heavy atom. The molecule has 0 heterocycles. The van der Waals surface area contributed by atoms with Crippen LogP contribution in [0, 0.1) is 0 Å². The summed E-state index contributed by atoms with van der Waals surface area (Å²) in [5.74, 6) is -0.922. The van der Waals surface area contributed by atoms with Gasteiger partial charge >= 0.3 is 5.97 Å². The summed E-state index contributed by atoms with van der Waals surface area (Å²) < 4.78 is 31.6. The number of ether oxygens (including phenoxy) is 1. The highest BCUT2D eigenvalue weighted by Gasteiger charge is 2.18. The van der Waals surface area contributed by atoms with E-state index in [1.165, 1.54) is 37.4 Å². The highest BCUT2D eigenvalue weighted by atomic mass is 32.2. The van der Waals surface area contributed by atoms with E-state index in [4.69, 9.17) is 9.84 Å². The molecule has 2 aromatic carbocycles. The monoisotopic (exact) mass is 307 g/mol. The highest BCUT2D eigenvalue weighted by molar-refractivity contribution is 7.92. The number of sulfonamides is 1. The molecule has 0 radical (unpaired) electrons. The summed E-state index contributed by atoms with van der Waals surface area (Å²) in [6.45, 7) is 0. The van der Waals surface area contributed by atoms with Crippen LogP contribution in [0.25, 0.3) is 0 Å². The van der Waals surface area contributed by atoms with Gasteiger partial charge in [-0.25, -0.2) is 13.2 Å². The third kappa shape index (κ3) is 3.32. The molecule has 0 saturated carbocycles. The molecule has 0 amide bonds. The molecule has 7 heteroatoms. The number of nitrogens with one attached hydrogen (secondary N) is 1. The number of hydrogen-bond donors (Lipinski definition) is 2. The van der Waals surface area contributed by atoms with Crippen LogP contribution in [0.4, 0.5) is 5.69 Å². The second-order valence-corrected chi connectivity index (χ2v) is 5.82. The number of anilines is 1. The van der Waals surface area contributed by atoms with Crippen molar-refractivity contribution in [2.75, 3.05) is 11.8 Å². The number of carboxylic acids is 1. The van der Waals surface area contributed by atoms with Crippen molar-refractivity contribution in [3.63, 3.8) is 0 Å². The number of aromatic carboxylic acids is 1. The SMILES string of the molecule is COc1ccc(NS(=O)(=O)c2ccccc2)c(C(=O)O)c1. The van der Waals surface area contributed by atoms with Crippen molar-refractivity contribution in [2.24, 2.45) is 0 Å². The van der Waals surface area contributed by atoms with Gasteiger partial charge in [-0.15, -0.1) is 0 Å². The summed E-state index contributed by atoms with van der Waals surface area (Å²) in [4.78, 5) is 11.3. The Kier molecular flexibility index (Phi) is 4.13. The number of methoxy groups -OCH3 is 1. The second-order valence-electron chi connectivity index (χ2n) is 4.14. The molecule has 21 heavy (non-hydrogen) atoms. The molecule has 0 unspecified atom stereocenters. The zero-order valence-corrected chi connectivity index (χ0v) is 11.9. The predicted molar refractivity (Wildman–Crippen MR) is 77.2 cm³/mol. The molecule has 0 atom stereocenters. The molecule has 0 saturated heterocycles. The number of carbonyl (C=O) groups is 1. The maximum atomic E-state index is 12.2. The Bertz CT molecular complexity index is 756. The van der Waals surface area contributed by atoms with Crippen molar-refractivity contribution in [1.82, 2.24) is 0 Å². The van der Waals surface area contributed by atoms with Gasteiger partial charge in [-0.2, -0.15) is 0 Å². The van der Waals surface area contributed by atoms with E-state index in [9.17, 15) is 13.2 Å². The molecule has 0 aliphatic rings. The minimum Gasteiger partial charge on any atom is -0.497 e.